The van der Waals surface area contributed by atoms with Crippen molar-refractivity contribution in [3.63, 3.8) is 0 Å². The predicted octanol–water partition coefficient (Wildman–Crippen LogP) is 3.50. The van der Waals surface area contributed by atoms with E-state index in [4.69, 9.17) is 4.74 Å². The molecule has 1 aliphatic heterocycles. The van der Waals surface area contributed by atoms with E-state index in [0.29, 0.717) is 0 Å². The lowest BCUT2D eigenvalue weighted by atomic mass is 9.83. The molecule has 0 bridgehead atoms. The minimum absolute atomic E-state index is 0.0838. The molecular formula is C14H19NO. The Bertz CT molecular complexity index is 394. The second kappa shape index (κ2) is 3.69. The molecule has 1 N–H and O–H groups in total. The third-order valence-electron chi connectivity index (χ3n) is 3.83. The Morgan fingerprint density at radius 2 is 2.00 bits per heavy atom. The maximum Gasteiger partial charge on any atom is 0.143 e. The number of anilines is 1. The molecule has 1 heterocycles. The molecule has 1 aliphatic carbocycles. The van der Waals surface area contributed by atoms with E-state index in [1.165, 1.54) is 37.7 Å². The fraction of sp³-hybridized carbons (Fsp3) is 0.571. The van der Waals surface area contributed by atoms with Gasteiger partial charge in [0, 0.05) is 0 Å². The van der Waals surface area contributed by atoms with Gasteiger partial charge >= 0.3 is 0 Å². The smallest absolute Gasteiger partial charge is 0.143 e. The molecule has 0 atom stereocenters. The van der Waals surface area contributed by atoms with Crippen LogP contribution in [0.3, 0.4) is 0 Å². The Hall–Kier alpha value is -1.18. The Morgan fingerprint density at radius 3 is 2.81 bits per heavy atom. The fourth-order valence-electron chi connectivity index (χ4n) is 2.87. The number of ether oxygens (including phenoxy) is 1. The number of benzene rings is 1. The highest BCUT2D eigenvalue weighted by molar-refractivity contribution is 5.60. The van der Waals surface area contributed by atoms with E-state index in [9.17, 15) is 0 Å². The number of hydrogen-bond donors (Lipinski definition) is 1. The van der Waals surface area contributed by atoms with Crippen molar-refractivity contribution < 1.29 is 4.74 Å². The number of fused-ring (bicyclic) bond motifs is 1. The standard InChI is InChI=1S/C14H19NO/c1-11-5-6-13-12(9-11)15-10-14(16-13)7-3-2-4-8-14/h5-6,9,15H,2-4,7-8,10H2,1H3. The molecule has 1 aromatic rings. The van der Waals surface area contributed by atoms with E-state index in [2.05, 4.69) is 30.4 Å². The highest BCUT2D eigenvalue weighted by Crippen LogP contribution is 2.40. The Balaban J connectivity index is 1.88. The molecule has 1 spiro atoms. The molecule has 0 saturated heterocycles. The summed E-state index contributed by atoms with van der Waals surface area (Å²) in [5.74, 6) is 1.04. The van der Waals surface area contributed by atoms with Crippen molar-refractivity contribution in [2.24, 2.45) is 0 Å². The lowest BCUT2D eigenvalue weighted by Crippen LogP contribution is -2.47. The molecule has 2 aliphatic rings. The Kier molecular flexibility index (Phi) is 2.31. The zero-order valence-electron chi connectivity index (χ0n) is 9.88. The molecule has 0 unspecified atom stereocenters. The van der Waals surface area contributed by atoms with E-state index in [-0.39, 0.29) is 5.60 Å². The summed E-state index contributed by atoms with van der Waals surface area (Å²) in [7, 11) is 0. The summed E-state index contributed by atoms with van der Waals surface area (Å²) in [5.41, 5.74) is 2.53. The predicted molar refractivity (Wildman–Crippen MR) is 66.1 cm³/mol. The zero-order chi connectivity index (χ0) is 11.0. The van der Waals surface area contributed by atoms with Gasteiger partial charge in [0.25, 0.3) is 0 Å². The van der Waals surface area contributed by atoms with Crippen molar-refractivity contribution in [3.05, 3.63) is 23.8 Å². The summed E-state index contributed by atoms with van der Waals surface area (Å²) >= 11 is 0. The average Bonchev–Trinajstić information content (AvgIpc) is 2.31. The first-order valence-electron chi connectivity index (χ1n) is 6.31. The van der Waals surface area contributed by atoms with Crippen molar-refractivity contribution in [2.75, 3.05) is 11.9 Å². The van der Waals surface area contributed by atoms with Crippen LogP contribution in [0.4, 0.5) is 5.69 Å². The molecule has 0 radical (unpaired) electrons. The second-order valence-corrected chi connectivity index (χ2v) is 5.20. The van der Waals surface area contributed by atoms with Gasteiger partial charge in [-0.15, -0.1) is 0 Å². The van der Waals surface area contributed by atoms with Crippen molar-refractivity contribution >= 4 is 5.69 Å². The van der Waals surface area contributed by atoms with Crippen molar-refractivity contribution in [3.8, 4) is 5.75 Å². The SMILES string of the molecule is Cc1ccc2c(c1)NCC1(CCCCC1)O2. The molecule has 0 amide bonds. The highest BCUT2D eigenvalue weighted by Gasteiger charge is 2.37. The van der Waals surface area contributed by atoms with E-state index in [1.807, 2.05) is 0 Å². The molecule has 3 rings (SSSR count). The summed E-state index contributed by atoms with van der Waals surface area (Å²) in [4.78, 5) is 0. The summed E-state index contributed by atoms with van der Waals surface area (Å²) in [5, 5.41) is 3.54. The van der Waals surface area contributed by atoms with Crippen LogP contribution in [0.25, 0.3) is 0 Å². The van der Waals surface area contributed by atoms with Crippen LogP contribution in [-0.4, -0.2) is 12.1 Å². The molecule has 1 aromatic carbocycles. The zero-order valence-corrected chi connectivity index (χ0v) is 9.88. The van der Waals surface area contributed by atoms with E-state index in [1.54, 1.807) is 0 Å². The maximum atomic E-state index is 6.25. The van der Waals surface area contributed by atoms with Crippen LogP contribution in [0.1, 0.15) is 37.7 Å². The van der Waals surface area contributed by atoms with Gasteiger partial charge in [0.1, 0.15) is 11.4 Å². The lowest BCUT2D eigenvalue weighted by Gasteiger charge is -2.42. The van der Waals surface area contributed by atoms with Crippen LogP contribution >= 0.6 is 0 Å². The van der Waals surface area contributed by atoms with E-state index >= 15 is 0 Å². The maximum absolute atomic E-state index is 6.25. The third kappa shape index (κ3) is 1.66. The Labute approximate surface area is 97.0 Å². The summed E-state index contributed by atoms with van der Waals surface area (Å²) < 4.78 is 6.25. The minimum atomic E-state index is 0.0838. The van der Waals surface area contributed by atoms with Gasteiger partial charge in [0.15, 0.2) is 0 Å². The normalized spacial score (nSPS) is 22.1. The van der Waals surface area contributed by atoms with Gasteiger partial charge in [-0.25, -0.2) is 0 Å². The van der Waals surface area contributed by atoms with Crippen molar-refractivity contribution in [1.82, 2.24) is 0 Å². The average molecular weight is 217 g/mol. The second-order valence-electron chi connectivity index (χ2n) is 5.20. The minimum Gasteiger partial charge on any atom is -0.483 e. The van der Waals surface area contributed by atoms with Crippen molar-refractivity contribution in [2.45, 2.75) is 44.6 Å². The molecule has 1 fully saturated rings. The summed E-state index contributed by atoms with van der Waals surface area (Å²) in [6, 6.07) is 6.40. The van der Waals surface area contributed by atoms with Gasteiger partial charge in [0.2, 0.25) is 0 Å². The van der Waals surface area contributed by atoms with Crippen LogP contribution in [0, 0.1) is 6.92 Å². The largest absolute Gasteiger partial charge is 0.483 e. The van der Waals surface area contributed by atoms with Gasteiger partial charge in [-0.3, -0.25) is 0 Å². The number of nitrogens with one attached hydrogen (secondary N) is 1. The van der Waals surface area contributed by atoms with E-state index in [0.717, 1.165) is 18.0 Å². The molecule has 0 aromatic heterocycles. The van der Waals surface area contributed by atoms with Gasteiger partial charge < -0.3 is 10.1 Å². The van der Waals surface area contributed by atoms with Gasteiger partial charge in [-0.05, 0) is 50.3 Å². The monoisotopic (exact) mass is 217 g/mol. The first kappa shape index (κ1) is 10.0. The van der Waals surface area contributed by atoms with Crippen LogP contribution in [0.2, 0.25) is 0 Å². The van der Waals surface area contributed by atoms with Gasteiger partial charge in [-0.1, -0.05) is 12.5 Å². The quantitative estimate of drug-likeness (QED) is 0.718. The number of hydrogen-bond acceptors (Lipinski definition) is 2. The van der Waals surface area contributed by atoms with E-state index < -0.39 is 0 Å². The first-order valence-corrected chi connectivity index (χ1v) is 6.31. The number of aryl methyl sites for hydroxylation is 1. The topological polar surface area (TPSA) is 21.3 Å². The molecule has 1 saturated carbocycles. The van der Waals surface area contributed by atoms with Crippen molar-refractivity contribution in [1.29, 1.82) is 0 Å². The van der Waals surface area contributed by atoms with Crippen LogP contribution in [-0.2, 0) is 0 Å². The van der Waals surface area contributed by atoms with Crippen LogP contribution < -0.4 is 10.1 Å². The molecular weight excluding hydrogens is 198 g/mol. The molecule has 86 valence electrons. The molecule has 16 heavy (non-hydrogen) atoms. The Morgan fingerprint density at radius 1 is 1.19 bits per heavy atom. The molecule has 2 nitrogen and oxygen atoms in total. The fourth-order valence-corrected chi connectivity index (χ4v) is 2.87. The first-order chi connectivity index (χ1) is 7.77. The van der Waals surface area contributed by atoms with Crippen LogP contribution in [0.5, 0.6) is 5.75 Å². The lowest BCUT2D eigenvalue weighted by molar-refractivity contribution is 0.0369. The molecule has 2 heteroatoms. The van der Waals surface area contributed by atoms with Gasteiger partial charge in [0.05, 0.1) is 12.2 Å². The summed E-state index contributed by atoms with van der Waals surface area (Å²) in [6.45, 7) is 3.09. The highest BCUT2D eigenvalue weighted by atomic mass is 16.5. The number of rotatable bonds is 0. The summed E-state index contributed by atoms with van der Waals surface area (Å²) in [6.07, 6.45) is 6.39. The van der Waals surface area contributed by atoms with Gasteiger partial charge in [-0.2, -0.15) is 0 Å². The van der Waals surface area contributed by atoms with Crippen LogP contribution in [0.15, 0.2) is 18.2 Å². The third-order valence-corrected chi connectivity index (χ3v) is 3.83.